The zero-order chi connectivity index (χ0) is 9.52. The molecule has 1 heterocycles. The minimum Gasteiger partial charge on any atom is -0.312 e. The van der Waals surface area contributed by atoms with Crippen molar-refractivity contribution in [3.05, 3.63) is 21.3 Å². The zero-order valence-electron chi connectivity index (χ0n) is 7.35. The van der Waals surface area contributed by atoms with Crippen molar-refractivity contribution >= 4 is 22.9 Å². The Morgan fingerprint density at radius 1 is 1.62 bits per heavy atom. The first-order valence-corrected chi connectivity index (χ1v) is 5.46. The first kappa shape index (κ1) is 10.6. The van der Waals surface area contributed by atoms with Crippen LogP contribution in [0.15, 0.2) is 11.4 Å². The van der Waals surface area contributed by atoms with Crippen molar-refractivity contribution in [3.8, 4) is 12.3 Å². The van der Waals surface area contributed by atoms with E-state index in [1.54, 1.807) is 11.3 Å². The lowest BCUT2D eigenvalue weighted by molar-refractivity contribution is 0.664. The zero-order valence-corrected chi connectivity index (χ0v) is 8.92. The van der Waals surface area contributed by atoms with Gasteiger partial charge in [0, 0.05) is 23.2 Å². The molecule has 13 heavy (non-hydrogen) atoms. The summed E-state index contributed by atoms with van der Waals surface area (Å²) in [5, 5.41) is 6.07. The molecule has 0 radical (unpaired) electrons. The van der Waals surface area contributed by atoms with Gasteiger partial charge in [-0.15, -0.1) is 23.7 Å². The highest BCUT2D eigenvalue weighted by molar-refractivity contribution is 7.10. The van der Waals surface area contributed by atoms with Crippen LogP contribution in [0.5, 0.6) is 0 Å². The molecule has 1 aromatic rings. The van der Waals surface area contributed by atoms with Crippen LogP contribution in [0.2, 0.25) is 5.02 Å². The number of thiophene rings is 1. The van der Waals surface area contributed by atoms with E-state index in [1.165, 1.54) is 4.88 Å². The topological polar surface area (TPSA) is 12.0 Å². The fraction of sp³-hybridized carbons (Fsp3) is 0.400. The molecule has 0 aliphatic heterocycles. The number of nitrogens with one attached hydrogen (secondary N) is 1. The highest BCUT2D eigenvalue weighted by Crippen LogP contribution is 2.18. The van der Waals surface area contributed by atoms with Gasteiger partial charge in [0.1, 0.15) is 0 Å². The van der Waals surface area contributed by atoms with E-state index in [2.05, 4.69) is 11.2 Å². The number of halogens is 1. The normalized spacial score (nSPS) is 9.85. The summed E-state index contributed by atoms with van der Waals surface area (Å²) in [4.78, 5) is 1.27. The van der Waals surface area contributed by atoms with Crippen molar-refractivity contribution in [1.82, 2.24) is 5.32 Å². The summed E-state index contributed by atoms with van der Waals surface area (Å²) in [6, 6.07) is 1.99. The number of hydrogen-bond donors (Lipinski definition) is 1. The van der Waals surface area contributed by atoms with Crippen molar-refractivity contribution in [2.75, 3.05) is 6.54 Å². The van der Waals surface area contributed by atoms with Gasteiger partial charge in [-0.3, -0.25) is 0 Å². The fourth-order valence-corrected chi connectivity index (χ4v) is 2.02. The quantitative estimate of drug-likeness (QED) is 0.586. The van der Waals surface area contributed by atoms with Gasteiger partial charge in [0.05, 0.1) is 5.02 Å². The van der Waals surface area contributed by atoms with Gasteiger partial charge < -0.3 is 5.32 Å². The van der Waals surface area contributed by atoms with Crippen molar-refractivity contribution in [2.24, 2.45) is 0 Å². The maximum absolute atomic E-state index is 5.78. The van der Waals surface area contributed by atoms with Gasteiger partial charge in [-0.2, -0.15) is 0 Å². The predicted molar refractivity (Wildman–Crippen MR) is 59.1 cm³/mol. The van der Waals surface area contributed by atoms with E-state index in [0.29, 0.717) is 0 Å². The molecule has 1 rings (SSSR count). The number of unbranched alkanes of at least 4 members (excludes halogenated alkanes) is 1. The first-order valence-electron chi connectivity index (χ1n) is 4.20. The second-order valence-electron chi connectivity index (χ2n) is 2.72. The summed E-state index contributed by atoms with van der Waals surface area (Å²) in [7, 11) is 0. The van der Waals surface area contributed by atoms with E-state index in [9.17, 15) is 0 Å². The van der Waals surface area contributed by atoms with Crippen molar-refractivity contribution < 1.29 is 0 Å². The highest BCUT2D eigenvalue weighted by Gasteiger charge is 1.96. The van der Waals surface area contributed by atoms with Crippen LogP contribution in [-0.2, 0) is 6.54 Å². The lowest BCUT2D eigenvalue weighted by Gasteiger charge is -1.99. The maximum atomic E-state index is 5.78. The molecule has 0 aromatic carbocycles. The minimum absolute atomic E-state index is 0.824. The molecule has 0 spiro atoms. The van der Waals surface area contributed by atoms with Crippen LogP contribution in [0, 0.1) is 12.3 Å². The fourth-order valence-electron chi connectivity index (χ4n) is 0.974. The van der Waals surface area contributed by atoms with Gasteiger partial charge in [0.15, 0.2) is 0 Å². The standard InChI is InChI=1S/C10H12ClNS/c1-2-3-4-5-12-7-10-6-9(11)8-13-10/h1,6,8,12H,3-5,7H2. The molecule has 0 saturated heterocycles. The summed E-state index contributed by atoms with van der Waals surface area (Å²) in [6.07, 6.45) is 7.01. The van der Waals surface area contributed by atoms with Crippen LogP contribution < -0.4 is 5.32 Å². The Morgan fingerprint density at radius 3 is 3.08 bits per heavy atom. The molecule has 0 saturated carbocycles. The molecular formula is C10H12ClNS. The summed E-state index contributed by atoms with van der Waals surface area (Å²) in [5.41, 5.74) is 0. The summed E-state index contributed by atoms with van der Waals surface area (Å²) >= 11 is 7.46. The minimum atomic E-state index is 0.824. The van der Waals surface area contributed by atoms with Gasteiger partial charge in [0.25, 0.3) is 0 Å². The second-order valence-corrected chi connectivity index (χ2v) is 4.15. The first-order chi connectivity index (χ1) is 6.33. The lowest BCUT2D eigenvalue weighted by atomic mass is 10.3. The summed E-state index contributed by atoms with van der Waals surface area (Å²) in [5.74, 6) is 2.61. The molecule has 0 atom stereocenters. The largest absolute Gasteiger partial charge is 0.312 e. The van der Waals surface area contributed by atoms with Crippen LogP contribution in [0.3, 0.4) is 0 Å². The van der Waals surface area contributed by atoms with Crippen LogP contribution in [0.4, 0.5) is 0 Å². The van der Waals surface area contributed by atoms with Crippen LogP contribution in [0.1, 0.15) is 17.7 Å². The van der Waals surface area contributed by atoms with Crippen molar-refractivity contribution in [1.29, 1.82) is 0 Å². The van der Waals surface area contributed by atoms with Crippen molar-refractivity contribution in [2.45, 2.75) is 19.4 Å². The van der Waals surface area contributed by atoms with Gasteiger partial charge in [-0.05, 0) is 19.0 Å². The molecule has 0 aliphatic rings. The van der Waals surface area contributed by atoms with E-state index in [-0.39, 0.29) is 0 Å². The van der Waals surface area contributed by atoms with Gasteiger partial charge in [0.2, 0.25) is 0 Å². The van der Waals surface area contributed by atoms with E-state index in [4.69, 9.17) is 18.0 Å². The van der Waals surface area contributed by atoms with Gasteiger partial charge in [-0.25, -0.2) is 0 Å². The third-order valence-electron chi connectivity index (χ3n) is 1.60. The third-order valence-corrected chi connectivity index (χ3v) is 2.88. The molecule has 0 bridgehead atoms. The third kappa shape index (κ3) is 4.33. The smallest absolute Gasteiger partial charge is 0.0516 e. The SMILES string of the molecule is C#CCCCNCc1cc(Cl)cs1. The molecule has 3 heteroatoms. The molecular weight excluding hydrogens is 202 g/mol. The second kappa shape index (κ2) is 6.04. The number of terminal acetylenes is 1. The number of hydrogen-bond acceptors (Lipinski definition) is 2. The Balaban J connectivity index is 2.10. The van der Waals surface area contributed by atoms with E-state index in [0.717, 1.165) is 31.0 Å². The van der Waals surface area contributed by atoms with Crippen molar-refractivity contribution in [3.63, 3.8) is 0 Å². The van der Waals surface area contributed by atoms with E-state index < -0.39 is 0 Å². The predicted octanol–water partition coefficient (Wildman–Crippen LogP) is 2.90. The van der Waals surface area contributed by atoms with E-state index >= 15 is 0 Å². The Bertz CT molecular complexity index is 287. The van der Waals surface area contributed by atoms with Crippen LogP contribution >= 0.6 is 22.9 Å². The summed E-state index contributed by atoms with van der Waals surface area (Å²) < 4.78 is 0. The number of rotatable bonds is 5. The molecule has 1 aromatic heterocycles. The average molecular weight is 214 g/mol. The lowest BCUT2D eigenvalue weighted by Crippen LogP contribution is -2.13. The molecule has 0 unspecified atom stereocenters. The monoisotopic (exact) mass is 213 g/mol. The Labute approximate surface area is 88.1 Å². The molecule has 0 amide bonds. The van der Waals surface area contributed by atoms with Crippen LogP contribution in [0.25, 0.3) is 0 Å². The molecule has 70 valence electrons. The molecule has 0 aliphatic carbocycles. The Hall–Kier alpha value is -0.490. The van der Waals surface area contributed by atoms with Gasteiger partial charge >= 0.3 is 0 Å². The maximum Gasteiger partial charge on any atom is 0.0516 e. The molecule has 1 N–H and O–H groups in total. The molecule has 1 nitrogen and oxygen atoms in total. The average Bonchev–Trinajstić information content (AvgIpc) is 2.51. The van der Waals surface area contributed by atoms with Crippen LogP contribution in [-0.4, -0.2) is 6.54 Å². The highest BCUT2D eigenvalue weighted by atomic mass is 35.5. The summed E-state index contributed by atoms with van der Waals surface area (Å²) in [6.45, 7) is 1.86. The molecule has 0 fully saturated rings. The Morgan fingerprint density at radius 2 is 2.46 bits per heavy atom. The Kier molecular flexibility index (Phi) is 4.92. The van der Waals surface area contributed by atoms with Gasteiger partial charge in [-0.1, -0.05) is 11.6 Å². The van der Waals surface area contributed by atoms with E-state index in [1.807, 2.05) is 11.4 Å².